The Hall–Kier alpha value is -3.57. The van der Waals surface area contributed by atoms with Crippen LogP contribution in [0.5, 0.6) is 0 Å². The maximum atomic E-state index is 13.7. The van der Waals surface area contributed by atoms with Crippen LogP contribution < -0.4 is 9.62 Å². The zero-order chi connectivity index (χ0) is 29.0. The van der Waals surface area contributed by atoms with Crippen molar-refractivity contribution < 1.29 is 31.2 Å². The first-order valence-corrected chi connectivity index (χ1v) is 13.6. The maximum absolute atomic E-state index is 13.7. The number of sulfonamides is 1. The summed E-state index contributed by atoms with van der Waals surface area (Å²) in [7, 11) is -3.17. The molecule has 3 aromatic rings. The number of nitrogens with zero attached hydrogens (tertiary/aromatic N) is 2. The maximum Gasteiger partial charge on any atom is 0.416 e. The summed E-state index contributed by atoms with van der Waals surface area (Å²) in [5, 5.41) is 2.15. The highest BCUT2D eigenvalue weighted by molar-refractivity contribution is 7.92. The molecule has 0 heterocycles. The van der Waals surface area contributed by atoms with Gasteiger partial charge in [0.25, 0.3) is 10.0 Å². The SMILES string of the molecule is CNC(=O)[C@H](C)N(Cc1ccc(C)cc1)C(=O)CN(c1cc(C(F)(F)F)ccc1Cl)S(=O)(=O)c1ccccc1. The molecule has 0 unspecified atom stereocenters. The summed E-state index contributed by atoms with van der Waals surface area (Å²) in [6.07, 6.45) is -4.79. The van der Waals surface area contributed by atoms with Gasteiger partial charge in [0.05, 0.1) is 21.2 Å². The highest BCUT2D eigenvalue weighted by Crippen LogP contribution is 2.37. The number of hydrogen-bond donors (Lipinski definition) is 1. The van der Waals surface area contributed by atoms with Crippen LogP contribution in [0.1, 0.15) is 23.6 Å². The minimum Gasteiger partial charge on any atom is -0.357 e. The molecule has 0 saturated heterocycles. The van der Waals surface area contributed by atoms with Crippen LogP contribution in [0.4, 0.5) is 18.9 Å². The van der Waals surface area contributed by atoms with Crippen LogP contribution in [0.15, 0.2) is 77.7 Å². The molecule has 0 aliphatic heterocycles. The number of carbonyl (C=O) groups is 2. The number of aryl methyl sites for hydroxylation is 1. The molecule has 0 saturated carbocycles. The average Bonchev–Trinajstić information content (AvgIpc) is 2.90. The van der Waals surface area contributed by atoms with E-state index in [0.717, 1.165) is 17.7 Å². The summed E-state index contributed by atoms with van der Waals surface area (Å²) in [5.74, 6) is -1.33. The number of amides is 2. The van der Waals surface area contributed by atoms with E-state index in [2.05, 4.69) is 5.32 Å². The third-order valence-electron chi connectivity index (χ3n) is 6.04. The lowest BCUT2D eigenvalue weighted by atomic mass is 10.1. The Balaban J connectivity index is 2.12. The average molecular weight is 582 g/mol. The lowest BCUT2D eigenvalue weighted by Gasteiger charge is -2.32. The molecule has 39 heavy (non-hydrogen) atoms. The zero-order valence-corrected chi connectivity index (χ0v) is 22.9. The topological polar surface area (TPSA) is 86.8 Å². The number of rotatable bonds is 9. The molecule has 1 atom stereocenters. The highest BCUT2D eigenvalue weighted by atomic mass is 35.5. The van der Waals surface area contributed by atoms with Gasteiger partial charge in [-0.15, -0.1) is 0 Å². The largest absolute Gasteiger partial charge is 0.416 e. The molecular weight excluding hydrogens is 555 g/mol. The summed E-state index contributed by atoms with van der Waals surface area (Å²) in [6, 6.07) is 15.3. The second-order valence-corrected chi connectivity index (χ2v) is 11.1. The summed E-state index contributed by atoms with van der Waals surface area (Å²) in [4.78, 5) is 27.1. The molecule has 0 spiro atoms. The fraction of sp³-hybridized carbons (Fsp3) is 0.259. The minimum absolute atomic E-state index is 0.0523. The molecule has 0 aromatic heterocycles. The molecule has 0 aliphatic carbocycles. The molecular formula is C27H27ClF3N3O4S. The molecule has 2 amide bonds. The second-order valence-electron chi connectivity index (χ2n) is 8.79. The minimum atomic E-state index is -4.79. The van der Waals surface area contributed by atoms with Gasteiger partial charge in [0.15, 0.2) is 0 Å². The summed E-state index contributed by atoms with van der Waals surface area (Å²) in [6.45, 7) is 2.39. The van der Waals surface area contributed by atoms with E-state index in [-0.39, 0.29) is 16.5 Å². The van der Waals surface area contributed by atoms with Gasteiger partial charge in [-0.25, -0.2) is 8.42 Å². The van der Waals surface area contributed by atoms with Gasteiger partial charge in [0.1, 0.15) is 12.6 Å². The van der Waals surface area contributed by atoms with Crippen molar-refractivity contribution in [2.45, 2.75) is 37.5 Å². The molecule has 0 aliphatic rings. The molecule has 3 aromatic carbocycles. The number of halogens is 4. The van der Waals surface area contributed by atoms with E-state index in [0.29, 0.717) is 15.9 Å². The van der Waals surface area contributed by atoms with Crippen molar-refractivity contribution in [3.8, 4) is 0 Å². The van der Waals surface area contributed by atoms with Gasteiger partial charge >= 0.3 is 6.18 Å². The number of alkyl halides is 3. The first-order valence-electron chi connectivity index (χ1n) is 11.8. The Morgan fingerprint density at radius 2 is 1.62 bits per heavy atom. The van der Waals surface area contributed by atoms with Crippen molar-refractivity contribution in [2.24, 2.45) is 0 Å². The van der Waals surface area contributed by atoms with Gasteiger partial charge < -0.3 is 10.2 Å². The van der Waals surface area contributed by atoms with Gasteiger partial charge in [0.2, 0.25) is 11.8 Å². The number of nitrogens with one attached hydrogen (secondary N) is 1. The summed E-state index contributed by atoms with van der Waals surface area (Å²) in [5.41, 5.74) is -0.0287. The Morgan fingerprint density at radius 1 is 1.00 bits per heavy atom. The molecule has 7 nitrogen and oxygen atoms in total. The van der Waals surface area contributed by atoms with Gasteiger partial charge in [-0.05, 0) is 49.7 Å². The second kappa shape index (κ2) is 12.1. The fourth-order valence-electron chi connectivity index (χ4n) is 3.79. The summed E-state index contributed by atoms with van der Waals surface area (Å²) < 4.78 is 68.6. The quantitative estimate of drug-likeness (QED) is 0.384. The molecule has 208 valence electrons. The van der Waals surface area contributed by atoms with E-state index in [1.54, 1.807) is 18.2 Å². The third-order valence-corrected chi connectivity index (χ3v) is 8.13. The number of anilines is 1. The number of likely N-dealkylation sites (N-methyl/N-ethyl adjacent to an activating group) is 1. The first kappa shape index (κ1) is 30.0. The molecule has 0 bridgehead atoms. The van der Waals surface area contributed by atoms with E-state index < -0.39 is 51.9 Å². The standard InChI is InChI=1S/C27H27ClF3N3O4S/c1-18-9-11-20(12-10-18)16-33(19(2)26(36)32-3)25(35)17-34(39(37,38)22-7-5-4-6-8-22)24-15-21(27(29,30)31)13-14-23(24)28/h4-15,19H,16-17H2,1-3H3,(H,32,36)/t19-/m0/s1. The number of benzene rings is 3. The first-order chi connectivity index (χ1) is 18.3. The van der Waals surface area contributed by atoms with Gasteiger partial charge in [-0.2, -0.15) is 13.2 Å². The van der Waals surface area contributed by atoms with Crippen LogP contribution in [-0.4, -0.2) is 44.8 Å². The number of hydrogen-bond acceptors (Lipinski definition) is 4. The van der Waals surface area contributed by atoms with Crippen molar-refractivity contribution in [1.29, 1.82) is 0 Å². The monoisotopic (exact) mass is 581 g/mol. The summed E-state index contributed by atoms with van der Waals surface area (Å²) >= 11 is 6.22. The van der Waals surface area contributed by atoms with Crippen molar-refractivity contribution in [2.75, 3.05) is 17.9 Å². The van der Waals surface area contributed by atoms with Gasteiger partial charge in [-0.1, -0.05) is 59.6 Å². The van der Waals surface area contributed by atoms with Crippen molar-refractivity contribution in [3.05, 3.63) is 94.5 Å². The van der Waals surface area contributed by atoms with E-state index >= 15 is 0 Å². The lowest BCUT2D eigenvalue weighted by Crippen LogP contribution is -2.50. The van der Waals surface area contributed by atoms with Crippen LogP contribution >= 0.6 is 11.6 Å². The molecule has 12 heteroatoms. The fourth-order valence-corrected chi connectivity index (χ4v) is 5.51. The van der Waals surface area contributed by atoms with E-state index in [4.69, 9.17) is 11.6 Å². The molecule has 0 radical (unpaired) electrons. The van der Waals surface area contributed by atoms with Crippen molar-refractivity contribution in [1.82, 2.24) is 10.2 Å². The van der Waals surface area contributed by atoms with Gasteiger partial charge in [0, 0.05) is 13.6 Å². The lowest BCUT2D eigenvalue weighted by molar-refractivity contribution is -0.139. The Labute approximate surface area is 230 Å². The van der Waals surface area contributed by atoms with Crippen LogP contribution in [-0.2, 0) is 32.3 Å². The number of carbonyl (C=O) groups excluding carboxylic acids is 2. The Kier molecular flexibility index (Phi) is 9.29. The molecule has 1 N–H and O–H groups in total. The van der Waals surface area contributed by atoms with Crippen LogP contribution in [0, 0.1) is 6.92 Å². The normalized spacial score (nSPS) is 12.5. The van der Waals surface area contributed by atoms with Crippen LogP contribution in [0.2, 0.25) is 5.02 Å². The van der Waals surface area contributed by atoms with E-state index in [1.165, 1.54) is 43.1 Å². The Morgan fingerprint density at radius 3 is 2.18 bits per heavy atom. The van der Waals surface area contributed by atoms with Crippen molar-refractivity contribution in [3.63, 3.8) is 0 Å². The van der Waals surface area contributed by atoms with Crippen LogP contribution in [0.3, 0.4) is 0 Å². The molecule has 3 rings (SSSR count). The zero-order valence-electron chi connectivity index (χ0n) is 21.4. The highest BCUT2D eigenvalue weighted by Gasteiger charge is 2.36. The predicted molar refractivity (Wildman–Crippen MR) is 143 cm³/mol. The third kappa shape index (κ3) is 7.10. The predicted octanol–water partition coefficient (Wildman–Crippen LogP) is 5.03. The molecule has 0 fully saturated rings. The van der Waals surface area contributed by atoms with Gasteiger partial charge in [-0.3, -0.25) is 13.9 Å². The van der Waals surface area contributed by atoms with Crippen molar-refractivity contribution >= 4 is 39.1 Å². The smallest absolute Gasteiger partial charge is 0.357 e. The van der Waals surface area contributed by atoms with E-state index in [1.807, 2.05) is 19.1 Å². The van der Waals surface area contributed by atoms with E-state index in [9.17, 15) is 31.2 Å². The van der Waals surface area contributed by atoms with Crippen LogP contribution in [0.25, 0.3) is 0 Å². The Bertz CT molecular complexity index is 1430.